The highest BCUT2D eigenvalue weighted by Gasteiger charge is 2.28. The second-order valence-electron chi connectivity index (χ2n) is 7.21. The highest BCUT2D eigenvalue weighted by Crippen LogP contribution is 2.32. The Labute approximate surface area is 147 Å². The van der Waals surface area contributed by atoms with Crippen LogP contribution in [-0.4, -0.2) is 35.7 Å². The molecule has 1 saturated heterocycles. The molecule has 1 atom stereocenters. The molecule has 0 bridgehead atoms. The van der Waals surface area contributed by atoms with Crippen LogP contribution in [0.3, 0.4) is 0 Å². The molecule has 1 saturated carbocycles. The summed E-state index contributed by atoms with van der Waals surface area (Å²) < 4.78 is 11.2. The summed E-state index contributed by atoms with van der Waals surface area (Å²) in [6.45, 7) is 2.14. The fourth-order valence-electron chi connectivity index (χ4n) is 3.39. The zero-order chi connectivity index (χ0) is 17.1. The third-order valence-corrected chi connectivity index (χ3v) is 5.00. The topological polar surface area (TPSA) is 55.6 Å². The Morgan fingerprint density at radius 2 is 2.04 bits per heavy atom. The number of hydrogen-bond donors (Lipinski definition) is 0. The van der Waals surface area contributed by atoms with Gasteiger partial charge in [-0.3, -0.25) is 4.79 Å². The molecule has 2 aromatic rings. The van der Waals surface area contributed by atoms with Crippen molar-refractivity contribution in [1.82, 2.24) is 10.1 Å². The van der Waals surface area contributed by atoms with Crippen LogP contribution in [0.15, 0.2) is 40.9 Å². The van der Waals surface area contributed by atoms with Gasteiger partial charge in [0.05, 0.1) is 6.61 Å². The van der Waals surface area contributed by atoms with Crippen molar-refractivity contribution in [1.29, 1.82) is 0 Å². The third kappa shape index (κ3) is 4.21. The highest BCUT2D eigenvalue weighted by atomic mass is 16.5. The number of amides is 1. The van der Waals surface area contributed by atoms with Crippen molar-refractivity contribution in [3.05, 3.63) is 47.9 Å². The second-order valence-corrected chi connectivity index (χ2v) is 7.21. The lowest BCUT2D eigenvalue weighted by molar-refractivity contribution is 0.0623. The molecule has 25 heavy (non-hydrogen) atoms. The van der Waals surface area contributed by atoms with Crippen LogP contribution in [0.1, 0.15) is 41.9 Å². The predicted octanol–water partition coefficient (Wildman–Crippen LogP) is 3.56. The first-order valence-corrected chi connectivity index (χ1v) is 9.20. The number of para-hydroxylation sites is 1. The van der Waals surface area contributed by atoms with Crippen LogP contribution in [0.25, 0.3) is 0 Å². The summed E-state index contributed by atoms with van der Waals surface area (Å²) in [5, 5.41) is 3.99. The number of aromatic nitrogens is 1. The molecule has 2 heterocycles. The first-order valence-electron chi connectivity index (χ1n) is 9.20. The van der Waals surface area contributed by atoms with Gasteiger partial charge in [0.1, 0.15) is 11.5 Å². The summed E-state index contributed by atoms with van der Waals surface area (Å²) in [5.74, 6) is 2.79. The van der Waals surface area contributed by atoms with Crippen LogP contribution in [0.2, 0.25) is 0 Å². The number of rotatable bonds is 6. The molecule has 0 radical (unpaired) electrons. The van der Waals surface area contributed by atoms with Gasteiger partial charge in [-0.1, -0.05) is 23.4 Å². The van der Waals surface area contributed by atoms with Crippen molar-refractivity contribution in [3.63, 3.8) is 0 Å². The Hall–Kier alpha value is -2.30. The lowest BCUT2D eigenvalue weighted by atomic mass is 9.98. The number of hydrogen-bond acceptors (Lipinski definition) is 4. The summed E-state index contributed by atoms with van der Waals surface area (Å²) in [4.78, 5) is 14.6. The Balaban J connectivity index is 1.32. The van der Waals surface area contributed by atoms with Crippen molar-refractivity contribution >= 4 is 5.91 Å². The van der Waals surface area contributed by atoms with E-state index in [-0.39, 0.29) is 5.91 Å². The first-order chi connectivity index (χ1) is 12.3. The molecular formula is C20H24N2O3. The number of nitrogens with zero attached hydrogens (tertiary/aromatic N) is 2. The minimum Gasteiger partial charge on any atom is -0.493 e. The molecule has 2 fully saturated rings. The van der Waals surface area contributed by atoms with E-state index >= 15 is 0 Å². The van der Waals surface area contributed by atoms with E-state index < -0.39 is 0 Å². The molecular weight excluding hydrogens is 316 g/mol. The van der Waals surface area contributed by atoms with E-state index in [1.54, 1.807) is 0 Å². The van der Waals surface area contributed by atoms with Crippen LogP contribution in [0.4, 0.5) is 0 Å². The normalized spacial score (nSPS) is 20.5. The molecule has 4 rings (SSSR count). The molecule has 1 amide bonds. The van der Waals surface area contributed by atoms with E-state index in [2.05, 4.69) is 5.16 Å². The van der Waals surface area contributed by atoms with E-state index in [1.165, 1.54) is 12.8 Å². The van der Waals surface area contributed by atoms with Crippen molar-refractivity contribution in [2.45, 2.75) is 32.1 Å². The van der Waals surface area contributed by atoms with Gasteiger partial charge in [0.2, 0.25) is 0 Å². The predicted molar refractivity (Wildman–Crippen MR) is 93.5 cm³/mol. The Morgan fingerprint density at radius 3 is 2.84 bits per heavy atom. The summed E-state index contributed by atoms with van der Waals surface area (Å²) in [5.41, 5.74) is 0.445. The van der Waals surface area contributed by atoms with Gasteiger partial charge in [0, 0.05) is 31.5 Å². The number of carbonyl (C=O) groups excluding carboxylic acids is 1. The van der Waals surface area contributed by atoms with E-state index in [4.69, 9.17) is 9.26 Å². The average molecular weight is 340 g/mol. The number of piperidine rings is 1. The molecule has 1 aliphatic carbocycles. The number of ether oxygens (including phenoxy) is 1. The standard InChI is InChI=1S/C20H24N2O3/c23-20(19-12-18(25-21-19)11-15-8-9-15)22-10-4-5-16(13-22)14-24-17-6-2-1-3-7-17/h1-3,6-7,12,15-16H,4-5,8-11,13-14H2. The molecule has 1 aliphatic heterocycles. The molecule has 5 nitrogen and oxygen atoms in total. The van der Waals surface area contributed by atoms with Gasteiger partial charge in [-0.2, -0.15) is 0 Å². The molecule has 132 valence electrons. The van der Waals surface area contributed by atoms with Crippen LogP contribution in [0, 0.1) is 11.8 Å². The molecule has 2 aliphatic rings. The minimum absolute atomic E-state index is 0.0183. The number of carbonyl (C=O) groups is 1. The SMILES string of the molecule is O=C(c1cc(CC2CC2)on1)N1CCCC(COc2ccccc2)C1. The maximum atomic E-state index is 12.7. The monoisotopic (exact) mass is 340 g/mol. The molecule has 5 heteroatoms. The van der Waals surface area contributed by atoms with Crippen LogP contribution in [-0.2, 0) is 6.42 Å². The smallest absolute Gasteiger partial charge is 0.276 e. The summed E-state index contributed by atoms with van der Waals surface area (Å²) in [7, 11) is 0. The quantitative estimate of drug-likeness (QED) is 0.807. The fourth-order valence-corrected chi connectivity index (χ4v) is 3.39. The maximum Gasteiger partial charge on any atom is 0.276 e. The van der Waals surface area contributed by atoms with E-state index in [9.17, 15) is 4.79 Å². The molecule has 1 unspecified atom stereocenters. The third-order valence-electron chi connectivity index (χ3n) is 5.00. The largest absolute Gasteiger partial charge is 0.493 e. The van der Waals surface area contributed by atoms with E-state index in [0.29, 0.717) is 18.2 Å². The Bertz CT molecular complexity index is 709. The van der Waals surface area contributed by atoms with Gasteiger partial charge in [0.25, 0.3) is 5.91 Å². The molecule has 1 aromatic carbocycles. The first kappa shape index (κ1) is 16.2. The fraction of sp³-hybridized carbons (Fsp3) is 0.500. The summed E-state index contributed by atoms with van der Waals surface area (Å²) >= 11 is 0. The van der Waals surface area contributed by atoms with Crippen molar-refractivity contribution < 1.29 is 14.1 Å². The lowest BCUT2D eigenvalue weighted by Crippen LogP contribution is -2.41. The van der Waals surface area contributed by atoms with Gasteiger partial charge in [-0.25, -0.2) is 0 Å². The maximum absolute atomic E-state index is 12.7. The van der Waals surface area contributed by atoms with Crippen LogP contribution < -0.4 is 4.74 Å². The van der Waals surface area contributed by atoms with Gasteiger partial charge < -0.3 is 14.2 Å². The molecule has 0 spiro atoms. The van der Waals surface area contributed by atoms with Crippen molar-refractivity contribution in [2.24, 2.45) is 11.8 Å². The Morgan fingerprint density at radius 1 is 1.20 bits per heavy atom. The van der Waals surface area contributed by atoms with Gasteiger partial charge in [0.15, 0.2) is 5.69 Å². The average Bonchev–Trinajstić information content (AvgIpc) is 3.35. The van der Waals surface area contributed by atoms with Gasteiger partial charge in [-0.15, -0.1) is 0 Å². The van der Waals surface area contributed by atoms with Crippen LogP contribution >= 0.6 is 0 Å². The van der Waals surface area contributed by atoms with Gasteiger partial charge in [-0.05, 0) is 43.7 Å². The van der Waals surface area contributed by atoms with Crippen molar-refractivity contribution in [2.75, 3.05) is 19.7 Å². The summed E-state index contributed by atoms with van der Waals surface area (Å²) in [6.07, 6.45) is 5.52. The zero-order valence-electron chi connectivity index (χ0n) is 14.4. The van der Waals surface area contributed by atoms with Gasteiger partial charge >= 0.3 is 0 Å². The Kier molecular flexibility index (Phi) is 4.72. The van der Waals surface area contributed by atoms with E-state index in [1.807, 2.05) is 41.3 Å². The summed E-state index contributed by atoms with van der Waals surface area (Å²) in [6, 6.07) is 11.7. The number of benzene rings is 1. The van der Waals surface area contributed by atoms with Crippen molar-refractivity contribution in [3.8, 4) is 5.75 Å². The molecule has 1 aromatic heterocycles. The lowest BCUT2D eigenvalue weighted by Gasteiger charge is -2.32. The van der Waals surface area contributed by atoms with E-state index in [0.717, 1.165) is 49.8 Å². The number of likely N-dealkylation sites (tertiary alicyclic amines) is 1. The second kappa shape index (κ2) is 7.30. The zero-order valence-corrected chi connectivity index (χ0v) is 14.4. The minimum atomic E-state index is -0.0183. The highest BCUT2D eigenvalue weighted by molar-refractivity contribution is 5.92. The molecule has 0 N–H and O–H groups in total. The van der Waals surface area contributed by atoms with Crippen LogP contribution in [0.5, 0.6) is 5.75 Å².